The average molecular weight is 380 g/mol. The largest absolute Gasteiger partial charge is 0.419 e. The van der Waals surface area contributed by atoms with E-state index in [1.165, 1.54) is 6.20 Å². The van der Waals surface area contributed by atoms with Gasteiger partial charge in [0.05, 0.1) is 11.6 Å². The summed E-state index contributed by atoms with van der Waals surface area (Å²) in [6.07, 6.45) is -3.17. The van der Waals surface area contributed by atoms with Crippen LogP contribution in [-0.4, -0.2) is 4.98 Å². The van der Waals surface area contributed by atoms with Gasteiger partial charge in [0.2, 0.25) is 0 Å². The Labute approximate surface area is 133 Å². The first-order valence-corrected chi connectivity index (χ1v) is 7.20. The molecule has 0 bridgehead atoms. The van der Waals surface area contributed by atoms with E-state index < -0.39 is 17.8 Å². The molecule has 2 nitrogen and oxygen atoms in total. The molecule has 1 unspecified atom stereocenters. The second kappa shape index (κ2) is 6.23. The first-order valence-electron chi connectivity index (χ1n) is 6.02. The zero-order chi connectivity index (χ0) is 15.6. The van der Waals surface area contributed by atoms with E-state index in [9.17, 15) is 13.2 Å². The number of alkyl halides is 3. The van der Waals surface area contributed by atoms with Gasteiger partial charge in [-0.15, -0.1) is 0 Å². The summed E-state index contributed by atoms with van der Waals surface area (Å²) in [5, 5.41) is 3.25. The lowest BCUT2D eigenvalue weighted by atomic mass is 10.1. The minimum Gasteiger partial charge on any atom is -0.363 e. The summed E-state index contributed by atoms with van der Waals surface area (Å²) in [6, 6.07) is 7.57. The maximum atomic E-state index is 13.0. The highest BCUT2D eigenvalue weighted by atomic mass is 79.9. The van der Waals surface area contributed by atoms with Gasteiger partial charge in [-0.2, -0.15) is 13.2 Å². The quantitative estimate of drug-likeness (QED) is 0.741. The molecule has 0 aliphatic heterocycles. The Morgan fingerprint density at radius 1 is 1.29 bits per heavy atom. The Morgan fingerprint density at radius 2 is 1.95 bits per heavy atom. The van der Waals surface area contributed by atoms with Gasteiger partial charge in [0, 0.05) is 15.7 Å². The molecule has 0 radical (unpaired) electrons. The monoisotopic (exact) mass is 378 g/mol. The van der Waals surface area contributed by atoms with Crippen molar-refractivity contribution in [1.82, 2.24) is 4.98 Å². The molecule has 0 fully saturated rings. The molecule has 0 saturated heterocycles. The number of nitrogens with zero attached hydrogens (tertiary/aromatic N) is 1. The fourth-order valence-corrected chi connectivity index (χ4v) is 2.51. The molecule has 21 heavy (non-hydrogen) atoms. The molecule has 0 saturated carbocycles. The molecular formula is C14H11BrClF3N2. The summed E-state index contributed by atoms with van der Waals surface area (Å²) in [5.41, 5.74) is -0.118. The van der Waals surface area contributed by atoms with E-state index in [4.69, 9.17) is 11.6 Å². The average Bonchev–Trinajstić information content (AvgIpc) is 2.40. The van der Waals surface area contributed by atoms with Crippen molar-refractivity contribution in [3.8, 4) is 0 Å². The number of anilines is 1. The SMILES string of the molecule is CC(Nc1ncc(Br)cc1C(F)(F)F)c1ccccc1Cl. The summed E-state index contributed by atoms with van der Waals surface area (Å²) in [6.45, 7) is 1.73. The maximum absolute atomic E-state index is 13.0. The molecule has 1 aromatic carbocycles. The van der Waals surface area contributed by atoms with Crippen LogP contribution in [0.3, 0.4) is 0 Å². The number of benzene rings is 1. The molecule has 1 aromatic heterocycles. The normalized spacial score (nSPS) is 13.0. The van der Waals surface area contributed by atoms with Gasteiger partial charge >= 0.3 is 6.18 Å². The Morgan fingerprint density at radius 3 is 2.57 bits per heavy atom. The smallest absolute Gasteiger partial charge is 0.363 e. The molecule has 1 N–H and O–H groups in total. The molecule has 0 amide bonds. The fraction of sp³-hybridized carbons (Fsp3) is 0.214. The predicted molar refractivity (Wildman–Crippen MR) is 80.4 cm³/mol. The Bertz CT molecular complexity index is 646. The van der Waals surface area contributed by atoms with Crippen molar-refractivity contribution in [2.24, 2.45) is 0 Å². The predicted octanol–water partition coefficient (Wildman–Crippen LogP) is 5.69. The van der Waals surface area contributed by atoms with Crippen LogP contribution in [0.25, 0.3) is 0 Å². The molecule has 0 aliphatic rings. The molecule has 0 spiro atoms. The van der Waals surface area contributed by atoms with E-state index >= 15 is 0 Å². The van der Waals surface area contributed by atoms with E-state index in [0.717, 1.165) is 6.07 Å². The summed E-state index contributed by atoms with van der Waals surface area (Å²) < 4.78 is 39.4. The number of aromatic nitrogens is 1. The van der Waals surface area contributed by atoms with Crippen LogP contribution >= 0.6 is 27.5 Å². The van der Waals surface area contributed by atoms with Crippen molar-refractivity contribution in [1.29, 1.82) is 0 Å². The topological polar surface area (TPSA) is 24.9 Å². The zero-order valence-electron chi connectivity index (χ0n) is 10.9. The number of hydrogen-bond acceptors (Lipinski definition) is 2. The minimum atomic E-state index is -4.49. The fourth-order valence-electron chi connectivity index (χ4n) is 1.88. The standard InChI is InChI=1S/C14H11BrClF3N2/c1-8(10-4-2-3-5-12(10)16)21-13-11(14(17,18)19)6-9(15)7-20-13/h2-8H,1H3,(H,20,21). The highest BCUT2D eigenvalue weighted by Crippen LogP contribution is 2.37. The second-order valence-electron chi connectivity index (χ2n) is 4.44. The highest BCUT2D eigenvalue weighted by Gasteiger charge is 2.35. The van der Waals surface area contributed by atoms with Crippen molar-refractivity contribution in [2.75, 3.05) is 5.32 Å². The first-order chi connectivity index (χ1) is 9.79. The van der Waals surface area contributed by atoms with Crippen LogP contribution in [0.15, 0.2) is 41.0 Å². The van der Waals surface area contributed by atoms with E-state index in [-0.39, 0.29) is 10.3 Å². The number of hydrogen-bond donors (Lipinski definition) is 1. The first kappa shape index (κ1) is 16.1. The molecule has 2 aromatic rings. The molecule has 2 rings (SSSR count). The maximum Gasteiger partial charge on any atom is 0.419 e. The molecular weight excluding hydrogens is 369 g/mol. The second-order valence-corrected chi connectivity index (χ2v) is 5.76. The van der Waals surface area contributed by atoms with Crippen molar-refractivity contribution >= 4 is 33.3 Å². The van der Waals surface area contributed by atoms with Crippen molar-refractivity contribution in [2.45, 2.75) is 19.1 Å². The molecule has 1 heterocycles. The lowest BCUT2D eigenvalue weighted by molar-refractivity contribution is -0.137. The van der Waals surface area contributed by atoms with E-state index in [2.05, 4.69) is 26.2 Å². The summed E-state index contributed by atoms with van der Waals surface area (Å²) in [4.78, 5) is 3.82. The molecule has 7 heteroatoms. The van der Waals surface area contributed by atoms with Gasteiger partial charge in [0.1, 0.15) is 5.82 Å². The van der Waals surface area contributed by atoms with Gasteiger partial charge in [0.15, 0.2) is 0 Å². The Kier molecular flexibility index (Phi) is 4.78. The van der Waals surface area contributed by atoms with Crippen molar-refractivity contribution < 1.29 is 13.2 Å². The van der Waals surface area contributed by atoms with E-state index in [0.29, 0.717) is 10.6 Å². The third-order valence-electron chi connectivity index (χ3n) is 2.88. The van der Waals surface area contributed by atoms with Crippen molar-refractivity contribution in [3.63, 3.8) is 0 Å². The van der Waals surface area contributed by atoms with E-state index in [1.807, 2.05) is 0 Å². The van der Waals surface area contributed by atoms with Crippen molar-refractivity contribution in [3.05, 3.63) is 57.2 Å². The molecule has 0 aliphatic carbocycles. The minimum absolute atomic E-state index is 0.224. The van der Waals surface area contributed by atoms with Gasteiger partial charge < -0.3 is 5.32 Å². The number of halogens is 5. The molecule has 112 valence electrons. The summed E-state index contributed by atoms with van der Waals surface area (Å²) >= 11 is 9.05. The third kappa shape index (κ3) is 3.89. The van der Waals surface area contributed by atoms with Crippen LogP contribution in [0.2, 0.25) is 5.02 Å². The van der Waals surface area contributed by atoms with Crippen LogP contribution in [-0.2, 0) is 6.18 Å². The molecule has 1 atom stereocenters. The van der Waals surface area contributed by atoms with Gasteiger partial charge in [-0.25, -0.2) is 4.98 Å². The van der Waals surface area contributed by atoms with Crippen LogP contribution in [0.5, 0.6) is 0 Å². The zero-order valence-corrected chi connectivity index (χ0v) is 13.2. The van der Waals surface area contributed by atoms with Gasteiger partial charge in [-0.05, 0) is 40.5 Å². The lowest BCUT2D eigenvalue weighted by Crippen LogP contribution is -2.15. The summed E-state index contributed by atoms with van der Waals surface area (Å²) in [5.74, 6) is -0.224. The highest BCUT2D eigenvalue weighted by molar-refractivity contribution is 9.10. The Balaban J connectivity index is 2.34. The van der Waals surface area contributed by atoms with Crippen LogP contribution < -0.4 is 5.32 Å². The lowest BCUT2D eigenvalue weighted by Gasteiger charge is -2.19. The van der Waals surface area contributed by atoms with Crippen LogP contribution in [0, 0.1) is 0 Å². The number of nitrogens with one attached hydrogen (secondary N) is 1. The van der Waals surface area contributed by atoms with Crippen LogP contribution in [0.1, 0.15) is 24.1 Å². The third-order valence-corrected chi connectivity index (χ3v) is 3.66. The van der Waals surface area contributed by atoms with Gasteiger partial charge in [0.25, 0.3) is 0 Å². The summed E-state index contributed by atoms with van der Waals surface area (Å²) in [7, 11) is 0. The van der Waals surface area contributed by atoms with Crippen LogP contribution in [0.4, 0.5) is 19.0 Å². The number of pyridine rings is 1. The van der Waals surface area contributed by atoms with Gasteiger partial charge in [-0.1, -0.05) is 29.8 Å². The number of rotatable bonds is 3. The Hall–Kier alpha value is -1.27. The van der Waals surface area contributed by atoms with E-state index in [1.54, 1.807) is 31.2 Å². The van der Waals surface area contributed by atoms with Gasteiger partial charge in [-0.3, -0.25) is 0 Å².